The normalized spacial score (nSPS) is 15.2. The van der Waals surface area contributed by atoms with Crippen LogP contribution in [-0.2, 0) is 9.91 Å². The fourth-order valence-electron chi connectivity index (χ4n) is 0.685. The molecule has 0 spiro atoms. The second kappa shape index (κ2) is 3.18. The number of hydrogen-bond acceptors (Lipinski definition) is 1. The van der Waals surface area contributed by atoms with Crippen molar-refractivity contribution in [1.29, 1.82) is 0 Å². The van der Waals surface area contributed by atoms with Crippen LogP contribution in [0.25, 0.3) is 0 Å². The van der Waals surface area contributed by atoms with Gasteiger partial charge in [0.05, 0.1) is 4.90 Å². The maximum absolute atomic E-state index is 12.7. The van der Waals surface area contributed by atoms with E-state index in [0.29, 0.717) is 0 Å². The first kappa shape index (κ1) is 9.12. The Bertz CT molecular complexity index is 375. The molecule has 1 nitrogen and oxygen atoms in total. The van der Waals surface area contributed by atoms with E-state index in [9.17, 15) is 16.9 Å². The van der Waals surface area contributed by atoms with Crippen molar-refractivity contribution >= 4 is 15.3 Å². The number of hydrogen-bond donors (Lipinski definition) is 0. The number of rotatable bonds is 1. The molecule has 12 heavy (non-hydrogen) atoms. The van der Waals surface area contributed by atoms with Crippen molar-refractivity contribution in [2.75, 3.05) is 0 Å². The molecule has 66 valence electrons. The van der Waals surface area contributed by atoms with E-state index in [4.69, 9.17) is 0 Å². The van der Waals surface area contributed by atoms with Gasteiger partial charge in [-0.3, -0.25) is 0 Å². The van der Waals surface area contributed by atoms with Crippen molar-refractivity contribution in [3.63, 3.8) is 0 Å². The first-order valence-electron chi connectivity index (χ1n) is 3.02. The Balaban J connectivity index is 3.36. The van der Waals surface area contributed by atoms with E-state index in [1.807, 2.05) is 0 Å². The summed E-state index contributed by atoms with van der Waals surface area (Å²) in [5.74, 6) is 0. The molecule has 5 heteroatoms. The zero-order valence-corrected chi connectivity index (χ0v) is 6.65. The topological polar surface area (TPSA) is 17.1 Å². The molecule has 0 aliphatic heterocycles. The molecule has 1 rings (SSSR count). The highest BCUT2D eigenvalue weighted by Gasteiger charge is 2.16. The third-order valence-corrected chi connectivity index (χ3v) is 2.52. The van der Waals surface area contributed by atoms with E-state index in [1.165, 1.54) is 18.2 Å². The maximum Gasteiger partial charge on any atom is 0.355 e. The molecular formula is C7H5F3OS. The van der Waals surface area contributed by atoms with Gasteiger partial charge in [-0.05, 0) is 12.1 Å². The summed E-state index contributed by atoms with van der Waals surface area (Å²) in [4.78, 5) is -0.495. The zero-order valence-electron chi connectivity index (χ0n) is 5.84. The van der Waals surface area contributed by atoms with Crippen LogP contribution in [0.1, 0.15) is 0 Å². The molecule has 0 fully saturated rings. The predicted molar refractivity (Wildman–Crippen MR) is 41.2 cm³/mol. The molecule has 0 N–H and O–H groups in total. The molecule has 0 aromatic heterocycles. The van der Waals surface area contributed by atoms with Crippen molar-refractivity contribution in [3.8, 4) is 0 Å². The summed E-state index contributed by atoms with van der Waals surface area (Å²) in [5.41, 5.74) is 0. The quantitative estimate of drug-likeness (QED) is 0.495. The number of halogens is 3. The molecule has 1 aromatic carbocycles. The maximum atomic E-state index is 12.7. The summed E-state index contributed by atoms with van der Waals surface area (Å²) in [6.45, 7) is 0. The molecule has 1 unspecified atom stereocenters. The summed E-state index contributed by atoms with van der Waals surface area (Å²) in [6, 6.07) is 6.33. The van der Waals surface area contributed by atoms with Crippen LogP contribution in [0, 0.1) is 0 Å². The predicted octanol–water partition coefficient (Wildman–Crippen LogP) is 2.24. The third-order valence-electron chi connectivity index (χ3n) is 1.24. The average molecular weight is 194 g/mol. The Hall–Kier alpha value is -0.970. The van der Waals surface area contributed by atoms with Crippen molar-refractivity contribution in [2.45, 2.75) is 4.90 Å². The molecule has 0 radical (unpaired) electrons. The van der Waals surface area contributed by atoms with Gasteiger partial charge in [-0.2, -0.15) is 8.78 Å². The van der Waals surface area contributed by atoms with Crippen LogP contribution in [0.5, 0.6) is 0 Å². The van der Waals surface area contributed by atoms with Crippen molar-refractivity contribution < 1.29 is 16.9 Å². The van der Waals surface area contributed by atoms with Crippen LogP contribution >= 0.6 is 0 Å². The zero-order chi connectivity index (χ0) is 9.19. The highest BCUT2D eigenvalue weighted by molar-refractivity contribution is 7.97. The molecule has 0 bridgehead atoms. The second-order valence-corrected chi connectivity index (χ2v) is 3.78. The van der Waals surface area contributed by atoms with Crippen LogP contribution in [0.3, 0.4) is 0 Å². The van der Waals surface area contributed by atoms with Crippen molar-refractivity contribution in [2.24, 2.45) is 0 Å². The first-order chi connectivity index (χ1) is 5.55. The van der Waals surface area contributed by atoms with Crippen molar-refractivity contribution in [1.82, 2.24) is 0 Å². The lowest BCUT2D eigenvalue weighted by atomic mass is 10.4. The fraction of sp³-hybridized carbons (Fsp3) is 0. The van der Waals surface area contributed by atoms with E-state index in [-0.39, 0.29) is 0 Å². The lowest BCUT2D eigenvalue weighted by Gasteiger charge is -1.97. The Labute approximate surface area is 68.1 Å². The van der Waals surface area contributed by atoms with Gasteiger partial charge in [-0.25, -0.2) is 4.21 Å². The van der Waals surface area contributed by atoms with Gasteiger partial charge in [0.25, 0.3) is 0 Å². The Kier molecular flexibility index (Phi) is 2.42. The molecule has 0 aliphatic rings. The van der Waals surface area contributed by atoms with Gasteiger partial charge in [0.2, 0.25) is 9.91 Å². The van der Waals surface area contributed by atoms with E-state index in [0.717, 1.165) is 12.1 Å². The highest BCUT2D eigenvalue weighted by atomic mass is 32.2. The third kappa shape index (κ3) is 1.61. The summed E-state index contributed by atoms with van der Waals surface area (Å²) >= 11 is 0. The van der Waals surface area contributed by atoms with E-state index in [2.05, 4.69) is 0 Å². The van der Waals surface area contributed by atoms with Gasteiger partial charge in [0.1, 0.15) is 0 Å². The SMILES string of the molecule is O=S(F)(=C(F)F)c1ccccc1. The Morgan fingerprint density at radius 1 is 1.17 bits per heavy atom. The van der Waals surface area contributed by atoms with E-state index in [1.54, 1.807) is 0 Å². The van der Waals surface area contributed by atoms with Crippen LogP contribution in [0.15, 0.2) is 35.2 Å². The van der Waals surface area contributed by atoms with Crippen LogP contribution in [0.4, 0.5) is 12.7 Å². The van der Waals surface area contributed by atoms with Gasteiger partial charge in [-0.15, -0.1) is 3.89 Å². The highest BCUT2D eigenvalue weighted by Crippen LogP contribution is 2.15. The van der Waals surface area contributed by atoms with Gasteiger partial charge in [-0.1, -0.05) is 18.2 Å². The summed E-state index contributed by atoms with van der Waals surface area (Å²) < 4.78 is 46.8. The molecular weight excluding hydrogens is 189 g/mol. The molecule has 1 aromatic rings. The lowest BCUT2D eigenvalue weighted by Crippen LogP contribution is -1.99. The Morgan fingerprint density at radius 2 is 1.67 bits per heavy atom. The summed E-state index contributed by atoms with van der Waals surface area (Å²) in [6.07, 6.45) is 0. The standard InChI is InChI=1S/C7H5F3OS/c8-7(9)12(10,11)6-4-2-1-3-5-6/h1-5H. The van der Waals surface area contributed by atoms with Gasteiger partial charge in [0.15, 0.2) is 0 Å². The fourth-order valence-corrected chi connectivity index (χ4v) is 1.37. The lowest BCUT2D eigenvalue weighted by molar-refractivity contribution is 0.606. The molecule has 0 amide bonds. The number of benzene rings is 1. The smallest absolute Gasteiger partial charge is 0.225 e. The summed E-state index contributed by atoms with van der Waals surface area (Å²) in [5, 5.41) is -2.69. The molecule has 0 saturated carbocycles. The summed E-state index contributed by atoms with van der Waals surface area (Å²) in [7, 11) is -4.74. The van der Waals surface area contributed by atoms with E-state index < -0.39 is 20.2 Å². The van der Waals surface area contributed by atoms with Gasteiger partial charge < -0.3 is 0 Å². The van der Waals surface area contributed by atoms with E-state index >= 15 is 0 Å². The van der Waals surface area contributed by atoms with Gasteiger partial charge in [0, 0.05) is 0 Å². The first-order valence-corrected chi connectivity index (χ1v) is 4.48. The van der Waals surface area contributed by atoms with Crippen LogP contribution in [0.2, 0.25) is 0 Å². The minimum Gasteiger partial charge on any atom is -0.225 e. The molecule has 0 aliphatic carbocycles. The van der Waals surface area contributed by atoms with Crippen molar-refractivity contribution in [3.05, 3.63) is 30.3 Å². The Morgan fingerprint density at radius 3 is 2.08 bits per heavy atom. The molecule has 0 heterocycles. The average Bonchev–Trinajstić information content (AvgIpc) is 2.06. The largest absolute Gasteiger partial charge is 0.355 e. The van der Waals surface area contributed by atoms with Crippen LogP contribution in [-0.4, -0.2) is 9.58 Å². The monoisotopic (exact) mass is 194 g/mol. The molecule has 1 atom stereocenters. The minimum atomic E-state index is -4.74. The second-order valence-electron chi connectivity index (χ2n) is 2.02. The van der Waals surface area contributed by atoms with Gasteiger partial charge >= 0.3 is 5.37 Å². The molecule has 0 saturated heterocycles. The van der Waals surface area contributed by atoms with Crippen LogP contribution < -0.4 is 0 Å². The minimum absolute atomic E-state index is 0.495.